The number of carboxylic acids is 1. The fraction of sp³-hybridized carbons (Fsp3) is 0.536. The molecule has 0 amide bonds. The van der Waals surface area contributed by atoms with E-state index in [0.717, 1.165) is 55.5 Å². The normalized spacial score (nSPS) is 15.1. The second-order valence-electron chi connectivity index (χ2n) is 9.10. The Morgan fingerprint density at radius 3 is 2.34 bits per heavy atom. The fourth-order valence-corrected chi connectivity index (χ4v) is 4.30. The Bertz CT molecular complexity index is 788. The summed E-state index contributed by atoms with van der Waals surface area (Å²) < 4.78 is 0. The van der Waals surface area contributed by atoms with Gasteiger partial charge in [0.05, 0.1) is 0 Å². The third kappa shape index (κ3) is 12.8. The summed E-state index contributed by atoms with van der Waals surface area (Å²) in [7, 11) is 0. The molecule has 0 heterocycles. The van der Waals surface area contributed by atoms with Gasteiger partial charge in [-0.2, -0.15) is 11.8 Å². The molecular formula is C28H43NO2S. The Morgan fingerprint density at radius 1 is 1.06 bits per heavy atom. The molecule has 4 heteroatoms. The van der Waals surface area contributed by atoms with Crippen molar-refractivity contribution in [3.05, 3.63) is 70.0 Å². The van der Waals surface area contributed by atoms with Crippen molar-refractivity contribution in [1.29, 1.82) is 0 Å². The van der Waals surface area contributed by atoms with Crippen LogP contribution in [0.3, 0.4) is 0 Å². The fourth-order valence-electron chi connectivity index (χ4n) is 3.35. The van der Waals surface area contributed by atoms with Crippen LogP contribution in [0.1, 0.15) is 80.1 Å². The summed E-state index contributed by atoms with van der Waals surface area (Å²) in [5.74, 6) is 0.617. The maximum atomic E-state index is 11.7. The summed E-state index contributed by atoms with van der Waals surface area (Å²) in [5.41, 5.74) is 7.78. The van der Waals surface area contributed by atoms with Gasteiger partial charge in [-0.3, -0.25) is 0 Å². The van der Waals surface area contributed by atoms with Gasteiger partial charge in [0.2, 0.25) is 0 Å². The number of thioether (sulfide) groups is 1. The lowest BCUT2D eigenvalue weighted by Gasteiger charge is -2.17. The van der Waals surface area contributed by atoms with Crippen LogP contribution in [0.4, 0.5) is 0 Å². The van der Waals surface area contributed by atoms with Crippen molar-refractivity contribution in [3.8, 4) is 0 Å². The summed E-state index contributed by atoms with van der Waals surface area (Å²) in [6.07, 6.45) is 19.5. The number of allylic oxidation sites excluding steroid dienone is 10. The van der Waals surface area contributed by atoms with Gasteiger partial charge in [0.15, 0.2) is 0 Å². The van der Waals surface area contributed by atoms with Crippen molar-refractivity contribution in [3.63, 3.8) is 0 Å². The Labute approximate surface area is 200 Å². The van der Waals surface area contributed by atoms with Gasteiger partial charge in [0.25, 0.3) is 0 Å². The van der Waals surface area contributed by atoms with Crippen LogP contribution in [0.5, 0.6) is 0 Å². The number of nitrogens with one attached hydrogen (secondary N) is 1. The lowest BCUT2D eigenvalue weighted by molar-refractivity contribution is -0.138. The first-order chi connectivity index (χ1) is 15.2. The zero-order chi connectivity index (χ0) is 23.9. The highest BCUT2D eigenvalue weighted by molar-refractivity contribution is 7.99. The van der Waals surface area contributed by atoms with Gasteiger partial charge >= 0.3 is 5.97 Å². The molecule has 1 rings (SSSR count). The second kappa shape index (κ2) is 15.8. The highest BCUT2D eigenvalue weighted by atomic mass is 32.2. The SMILES string of the molecule is CC(C)=CCCC(C)=CCCC(=CCSCC(NC1=C(C)C=CC1)C(=O)O)CC=C(C)C. The van der Waals surface area contributed by atoms with Gasteiger partial charge in [-0.25, -0.2) is 4.79 Å². The van der Waals surface area contributed by atoms with Crippen molar-refractivity contribution < 1.29 is 9.90 Å². The highest BCUT2D eigenvalue weighted by Gasteiger charge is 2.19. The van der Waals surface area contributed by atoms with Crippen molar-refractivity contribution in [1.82, 2.24) is 5.32 Å². The van der Waals surface area contributed by atoms with E-state index in [1.165, 1.54) is 22.3 Å². The largest absolute Gasteiger partial charge is 0.480 e. The number of carboxylic acid groups (broad SMARTS) is 1. The highest BCUT2D eigenvalue weighted by Crippen LogP contribution is 2.19. The van der Waals surface area contributed by atoms with Crippen LogP contribution in [0.25, 0.3) is 0 Å². The average molecular weight is 458 g/mol. The predicted molar refractivity (Wildman–Crippen MR) is 142 cm³/mol. The lowest BCUT2D eigenvalue weighted by atomic mass is 10.0. The van der Waals surface area contributed by atoms with Crippen LogP contribution < -0.4 is 5.32 Å². The topological polar surface area (TPSA) is 49.3 Å². The summed E-state index contributed by atoms with van der Waals surface area (Å²) in [6, 6.07) is -0.550. The lowest BCUT2D eigenvalue weighted by Crippen LogP contribution is -2.38. The standard InChI is InChI=1S/C28H43NO2S/c1-21(2)10-7-11-23(5)12-8-14-25(17-16-22(3)4)18-19-32-20-27(28(30)31)29-26-15-9-13-24(26)6/h9-10,12-13,16,18,27,29H,7-8,11,14-15,17,19-20H2,1-6H3,(H,30,31). The Kier molecular flexibility index (Phi) is 13.9. The molecule has 32 heavy (non-hydrogen) atoms. The van der Waals surface area contributed by atoms with Crippen LogP contribution in [0.15, 0.2) is 70.0 Å². The molecule has 0 aromatic carbocycles. The van der Waals surface area contributed by atoms with Crippen LogP contribution in [0, 0.1) is 0 Å². The van der Waals surface area contributed by atoms with Crippen molar-refractivity contribution in [2.45, 2.75) is 86.1 Å². The minimum absolute atomic E-state index is 0.550. The molecule has 0 aliphatic heterocycles. The van der Waals surface area contributed by atoms with Gasteiger partial charge in [0.1, 0.15) is 6.04 Å². The Hall–Kier alpha value is -1.94. The molecule has 1 aliphatic rings. The van der Waals surface area contributed by atoms with E-state index >= 15 is 0 Å². The quantitative estimate of drug-likeness (QED) is 0.195. The second-order valence-corrected chi connectivity index (χ2v) is 10.2. The van der Waals surface area contributed by atoms with Crippen LogP contribution in [0.2, 0.25) is 0 Å². The number of carbonyl (C=O) groups is 1. The van der Waals surface area contributed by atoms with E-state index < -0.39 is 12.0 Å². The first-order valence-corrected chi connectivity index (χ1v) is 12.9. The average Bonchev–Trinajstić information content (AvgIpc) is 3.11. The molecule has 1 atom stereocenters. The molecule has 178 valence electrons. The molecule has 2 N–H and O–H groups in total. The number of rotatable bonds is 15. The first-order valence-electron chi connectivity index (χ1n) is 11.7. The van der Waals surface area contributed by atoms with E-state index in [1.807, 2.05) is 13.0 Å². The molecule has 1 aliphatic carbocycles. The van der Waals surface area contributed by atoms with Crippen molar-refractivity contribution >= 4 is 17.7 Å². The number of aliphatic carboxylic acids is 1. The number of hydrogen-bond donors (Lipinski definition) is 2. The molecule has 0 bridgehead atoms. The summed E-state index contributed by atoms with van der Waals surface area (Å²) in [6.45, 7) is 12.8. The van der Waals surface area contributed by atoms with E-state index in [-0.39, 0.29) is 0 Å². The monoisotopic (exact) mass is 457 g/mol. The van der Waals surface area contributed by atoms with E-state index in [1.54, 1.807) is 11.8 Å². The number of hydrogen-bond acceptors (Lipinski definition) is 3. The smallest absolute Gasteiger partial charge is 0.326 e. The van der Waals surface area contributed by atoms with Gasteiger partial charge in [-0.05, 0) is 79.2 Å². The summed E-state index contributed by atoms with van der Waals surface area (Å²) in [4.78, 5) is 11.7. The minimum atomic E-state index is -0.785. The van der Waals surface area contributed by atoms with Crippen LogP contribution in [-0.2, 0) is 4.79 Å². The van der Waals surface area contributed by atoms with E-state index in [2.05, 4.69) is 70.3 Å². The molecule has 3 nitrogen and oxygen atoms in total. The van der Waals surface area contributed by atoms with E-state index in [0.29, 0.717) is 5.75 Å². The summed E-state index contributed by atoms with van der Waals surface area (Å²) in [5, 5.41) is 12.8. The maximum Gasteiger partial charge on any atom is 0.326 e. The Balaban J connectivity index is 2.57. The zero-order valence-electron chi connectivity index (χ0n) is 21.0. The van der Waals surface area contributed by atoms with Gasteiger partial charge in [-0.15, -0.1) is 0 Å². The molecule has 0 saturated carbocycles. The first kappa shape index (κ1) is 28.1. The van der Waals surface area contributed by atoms with Crippen molar-refractivity contribution in [2.75, 3.05) is 11.5 Å². The third-order valence-electron chi connectivity index (χ3n) is 5.41. The maximum absolute atomic E-state index is 11.7. The van der Waals surface area contributed by atoms with Gasteiger partial charge < -0.3 is 10.4 Å². The molecular weight excluding hydrogens is 414 g/mol. The predicted octanol–water partition coefficient (Wildman–Crippen LogP) is 7.75. The van der Waals surface area contributed by atoms with Crippen molar-refractivity contribution in [2.24, 2.45) is 0 Å². The molecule has 0 spiro atoms. The molecule has 0 fully saturated rings. The zero-order valence-corrected chi connectivity index (χ0v) is 21.8. The molecule has 0 radical (unpaired) electrons. The minimum Gasteiger partial charge on any atom is -0.480 e. The third-order valence-corrected chi connectivity index (χ3v) is 6.38. The van der Waals surface area contributed by atoms with E-state index in [4.69, 9.17) is 0 Å². The molecule has 0 aromatic heterocycles. The molecule has 0 saturated heterocycles. The molecule has 0 aromatic rings. The Morgan fingerprint density at radius 2 is 1.75 bits per heavy atom. The van der Waals surface area contributed by atoms with Crippen LogP contribution in [-0.4, -0.2) is 28.6 Å². The molecule has 1 unspecified atom stereocenters. The van der Waals surface area contributed by atoms with Crippen LogP contribution >= 0.6 is 11.8 Å². The summed E-state index contributed by atoms with van der Waals surface area (Å²) >= 11 is 1.69. The van der Waals surface area contributed by atoms with Gasteiger partial charge in [0, 0.05) is 23.6 Å². The van der Waals surface area contributed by atoms with E-state index in [9.17, 15) is 9.90 Å². The van der Waals surface area contributed by atoms with Gasteiger partial charge in [-0.1, -0.05) is 58.7 Å².